The van der Waals surface area contributed by atoms with Crippen molar-refractivity contribution in [1.29, 1.82) is 0 Å². The summed E-state index contributed by atoms with van der Waals surface area (Å²) in [5, 5.41) is 2.91. The van der Waals surface area contributed by atoms with E-state index in [0.717, 1.165) is 50.0 Å². The van der Waals surface area contributed by atoms with Gasteiger partial charge in [0.05, 0.1) is 19.9 Å². The summed E-state index contributed by atoms with van der Waals surface area (Å²) in [6, 6.07) is 12.8. The maximum absolute atomic E-state index is 12.8. The number of hydrogen-bond acceptors (Lipinski definition) is 10. The van der Waals surface area contributed by atoms with Gasteiger partial charge in [0.2, 0.25) is 11.6 Å². The molecule has 1 aliphatic heterocycles. The Bertz CT molecular complexity index is 1990. The molecular weight excluding hydrogens is 678 g/mol. The fourth-order valence-electron chi connectivity index (χ4n) is 6.35. The molecule has 2 fully saturated rings. The number of carbonyl (C=O) groups is 1. The van der Waals surface area contributed by atoms with Gasteiger partial charge in [-0.3, -0.25) is 19.5 Å². The lowest BCUT2D eigenvalue weighted by Crippen LogP contribution is -2.44. The van der Waals surface area contributed by atoms with E-state index in [2.05, 4.69) is 22.2 Å². The van der Waals surface area contributed by atoms with E-state index in [4.69, 9.17) is 18.3 Å². The number of aromatic amines is 1. The number of ether oxygens (including phenoxy) is 2. The predicted octanol–water partition coefficient (Wildman–Crippen LogP) is 6.65. The molecule has 2 aliphatic carbocycles. The predicted molar refractivity (Wildman–Crippen MR) is 191 cm³/mol. The van der Waals surface area contributed by atoms with Gasteiger partial charge in [0.15, 0.2) is 0 Å². The number of fused-ring (bicyclic) bond motifs is 2. The molecule has 0 spiro atoms. The van der Waals surface area contributed by atoms with Crippen molar-refractivity contribution >= 4 is 22.9 Å². The average Bonchev–Trinajstić information content (AvgIpc) is 3.91. The van der Waals surface area contributed by atoms with E-state index in [0.29, 0.717) is 53.4 Å². The molecule has 7 rings (SSSR count). The van der Waals surface area contributed by atoms with Crippen LogP contribution >= 0.6 is 0 Å². The van der Waals surface area contributed by atoms with Crippen LogP contribution in [0.1, 0.15) is 92.8 Å². The lowest BCUT2D eigenvalue weighted by Gasteiger charge is -2.34. The number of amides is 1. The maximum atomic E-state index is 12.8. The van der Waals surface area contributed by atoms with Gasteiger partial charge in [-0.25, -0.2) is 9.59 Å². The summed E-state index contributed by atoms with van der Waals surface area (Å²) in [4.78, 5) is 55.4. The first-order valence-electron chi connectivity index (χ1n) is 17.5. The second-order valence-corrected chi connectivity index (χ2v) is 13.3. The van der Waals surface area contributed by atoms with Gasteiger partial charge in [-0.2, -0.15) is 13.8 Å². The van der Waals surface area contributed by atoms with Gasteiger partial charge in [-0.1, -0.05) is 70.4 Å². The molecule has 2 saturated carbocycles. The Hall–Kier alpha value is -4.85. The minimum Gasteiger partial charge on any atom is -0.461 e. The van der Waals surface area contributed by atoms with Gasteiger partial charge in [0.1, 0.15) is 17.1 Å². The van der Waals surface area contributed by atoms with Crippen LogP contribution in [0.5, 0.6) is 6.01 Å². The number of benzene rings is 1. The van der Waals surface area contributed by atoms with Crippen LogP contribution in [0.15, 0.2) is 65.7 Å². The number of alkyl halides is 2. The van der Waals surface area contributed by atoms with E-state index in [9.17, 15) is 28.0 Å². The van der Waals surface area contributed by atoms with Gasteiger partial charge < -0.3 is 23.6 Å². The normalized spacial score (nSPS) is 17.8. The standard InChI is InChI=1S/C23H26N2O5.C14H16F2N2O3.CH4/c1-2-3-9-17-12-19(26)30-22-20(17)21(27)24-23(25-22)29-18-10-16(11-18)14-28-13-15-7-5-4-6-8-15;15-14(16)18-7-17-12-11(13(18)20)9(6-10(19)21-12)3-1-2-8-4-5-8;/h4-8,12,16,18H,2-3,9-11,13-14H2,1H3,(H,24,25,27);6,8,14,17H,1-5,7H2;1H4. The maximum Gasteiger partial charge on any atom is 0.337 e. The number of aryl methyl sites for hydroxylation is 2. The number of carbonyl (C=O) groups excluding carboxylic acids is 1. The summed E-state index contributed by atoms with van der Waals surface area (Å²) >= 11 is 0. The topological polar surface area (TPSA) is 157 Å². The van der Waals surface area contributed by atoms with Crippen LogP contribution in [0.3, 0.4) is 0 Å². The molecule has 2 N–H and O–H groups in total. The van der Waals surface area contributed by atoms with Gasteiger partial charge in [-0.05, 0) is 67.1 Å². The first-order chi connectivity index (χ1) is 24.7. The second kappa shape index (κ2) is 17.6. The second-order valence-electron chi connectivity index (χ2n) is 13.3. The van der Waals surface area contributed by atoms with Crippen molar-refractivity contribution in [1.82, 2.24) is 14.9 Å². The lowest BCUT2D eigenvalue weighted by molar-refractivity contribution is -0.0128. The first kappa shape index (κ1) is 38.4. The van der Waals surface area contributed by atoms with Crippen LogP contribution in [0, 0.1) is 11.8 Å². The number of halogens is 2. The van der Waals surface area contributed by atoms with Crippen molar-refractivity contribution in [3.05, 3.63) is 95.9 Å². The molecule has 14 heteroatoms. The zero-order chi connectivity index (χ0) is 35.9. The van der Waals surface area contributed by atoms with Crippen molar-refractivity contribution in [2.24, 2.45) is 11.8 Å². The molecule has 4 aromatic rings. The highest BCUT2D eigenvalue weighted by molar-refractivity contribution is 6.01. The van der Waals surface area contributed by atoms with Crippen molar-refractivity contribution in [3.8, 4) is 6.01 Å². The number of nitrogens with zero attached hydrogens (tertiary/aromatic N) is 2. The summed E-state index contributed by atoms with van der Waals surface area (Å²) in [6.45, 7) is 0.0800. The molecule has 0 unspecified atom stereocenters. The molecule has 0 radical (unpaired) electrons. The van der Waals surface area contributed by atoms with Crippen molar-refractivity contribution < 1.29 is 31.9 Å². The SMILES string of the molecule is C.CCCCc1cc(=O)oc2nc(OC3CC(COCc4ccccc4)C3)[nH]c(=O)c12.O=C1c2c(CCCC3CC3)cc(=O)oc2NCN1C(F)F. The van der Waals surface area contributed by atoms with E-state index in [1.165, 1.54) is 25.0 Å². The Morgan fingerprint density at radius 3 is 2.38 bits per heavy atom. The third-order valence-electron chi connectivity index (χ3n) is 9.33. The molecule has 52 heavy (non-hydrogen) atoms. The molecule has 280 valence electrons. The highest BCUT2D eigenvalue weighted by Gasteiger charge is 2.34. The van der Waals surface area contributed by atoms with Crippen LogP contribution in [-0.4, -0.2) is 46.7 Å². The van der Waals surface area contributed by atoms with E-state index in [-0.39, 0.29) is 48.9 Å². The number of anilines is 1. The summed E-state index contributed by atoms with van der Waals surface area (Å²) in [5.41, 5.74) is 1.01. The zero-order valence-corrected chi connectivity index (χ0v) is 28.5. The Kier molecular flexibility index (Phi) is 13.0. The molecule has 3 aromatic heterocycles. The van der Waals surface area contributed by atoms with Crippen LogP contribution in [0.4, 0.5) is 14.7 Å². The smallest absolute Gasteiger partial charge is 0.337 e. The molecule has 0 bridgehead atoms. The minimum atomic E-state index is -2.88. The number of unbranched alkanes of at least 4 members (excludes halogenated alkanes) is 1. The van der Waals surface area contributed by atoms with Gasteiger partial charge in [0, 0.05) is 12.1 Å². The lowest BCUT2D eigenvalue weighted by atomic mass is 9.83. The summed E-state index contributed by atoms with van der Waals surface area (Å²) in [6.07, 6.45) is 8.96. The van der Waals surface area contributed by atoms with Crippen LogP contribution in [-0.2, 0) is 24.2 Å². The minimum absolute atomic E-state index is 0. The fraction of sp³-hybridized carbons (Fsp3) is 0.500. The van der Waals surface area contributed by atoms with Gasteiger partial charge in [-0.15, -0.1) is 0 Å². The molecule has 1 amide bonds. The number of rotatable bonds is 14. The third-order valence-corrected chi connectivity index (χ3v) is 9.33. The Balaban J connectivity index is 0.000000209. The molecule has 3 aliphatic rings. The number of hydrogen-bond donors (Lipinski definition) is 2. The molecule has 12 nitrogen and oxygen atoms in total. The van der Waals surface area contributed by atoms with Crippen LogP contribution in [0.2, 0.25) is 0 Å². The summed E-state index contributed by atoms with van der Waals surface area (Å²) < 4.78 is 47.3. The average molecular weight is 725 g/mol. The number of H-pyrrole nitrogens is 1. The number of nitrogens with one attached hydrogen (secondary N) is 2. The van der Waals surface area contributed by atoms with Crippen molar-refractivity contribution in [3.63, 3.8) is 0 Å². The molecule has 0 saturated heterocycles. The third kappa shape index (κ3) is 9.72. The van der Waals surface area contributed by atoms with Crippen LogP contribution < -0.4 is 26.9 Å². The summed E-state index contributed by atoms with van der Waals surface area (Å²) in [7, 11) is 0. The highest BCUT2D eigenvalue weighted by Crippen LogP contribution is 2.35. The Morgan fingerprint density at radius 2 is 1.67 bits per heavy atom. The highest BCUT2D eigenvalue weighted by atomic mass is 19.3. The van der Waals surface area contributed by atoms with E-state index >= 15 is 0 Å². The van der Waals surface area contributed by atoms with Crippen LogP contribution in [0.25, 0.3) is 11.1 Å². The zero-order valence-electron chi connectivity index (χ0n) is 28.5. The van der Waals surface area contributed by atoms with Crippen molar-refractivity contribution in [2.45, 2.75) is 97.8 Å². The summed E-state index contributed by atoms with van der Waals surface area (Å²) in [5.74, 6) is 0.381. The quantitative estimate of drug-likeness (QED) is 0.135. The molecule has 1 aromatic carbocycles. The molecule has 0 atom stereocenters. The Labute approximate surface area is 299 Å². The molecular formula is C38H46F2N4O8. The van der Waals surface area contributed by atoms with E-state index in [1.807, 2.05) is 30.3 Å². The van der Waals surface area contributed by atoms with E-state index in [1.54, 1.807) is 0 Å². The fourth-order valence-corrected chi connectivity index (χ4v) is 6.35. The monoisotopic (exact) mass is 724 g/mol. The largest absolute Gasteiger partial charge is 0.461 e. The van der Waals surface area contributed by atoms with Gasteiger partial charge >= 0.3 is 17.8 Å². The Morgan fingerprint density at radius 1 is 0.962 bits per heavy atom. The van der Waals surface area contributed by atoms with Crippen molar-refractivity contribution in [2.75, 3.05) is 18.6 Å². The van der Waals surface area contributed by atoms with E-state index < -0.39 is 23.7 Å². The number of aromatic nitrogens is 2. The van der Waals surface area contributed by atoms with Gasteiger partial charge in [0.25, 0.3) is 17.5 Å². The first-order valence-corrected chi connectivity index (χ1v) is 17.5. The molecule has 4 heterocycles.